The van der Waals surface area contributed by atoms with Crippen molar-refractivity contribution in [3.8, 4) is 0 Å². The van der Waals surface area contributed by atoms with E-state index in [4.69, 9.17) is 0 Å². The van der Waals surface area contributed by atoms with Crippen molar-refractivity contribution in [2.75, 3.05) is 33.2 Å². The summed E-state index contributed by atoms with van der Waals surface area (Å²) in [5.41, 5.74) is 0. The Morgan fingerprint density at radius 3 is 2.67 bits per heavy atom. The summed E-state index contributed by atoms with van der Waals surface area (Å²) in [5.74, 6) is -0.133. The largest absolute Gasteiger partial charge is 0.347 e. The molecular formula is C10H18N3O2. The highest BCUT2D eigenvalue weighted by molar-refractivity contribution is 5.80. The van der Waals surface area contributed by atoms with Gasteiger partial charge in [0.25, 0.3) is 0 Å². The van der Waals surface area contributed by atoms with E-state index in [0.29, 0.717) is 6.54 Å². The van der Waals surface area contributed by atoms with Crippen molar-refractivity contribution < 1.29 is 9.59 Å². The van der Waals surface area contributed by atoms with E-state index in [9.17, 15) is 9.59 Å². The van der Waals surface area contributed by atoms with Gasteiger partial charge in [-0.15, -0.1) is 0 Å². The van der Waals surface area contributed by atoms with Crippen molar-refractivity contribution >= 4 is 12.2 Å². The zero-order chi connectivity index (χ0) is 11.1. The van der Waals surface area contributed by atoms with Crippen LogP contribution in [0.2, 0.25) is 0 Å². The van der Waals surface area contributed by atoms with E-state index in [1.54, 1.807) is 6.29 Å². The van der Waals surface area contributed by atoms with Gasteiger partial charge in [0.1, 0.15) is 0 Å². The van der Waals surface area contributed by atoms with Gasteiger partial charge in [0.05, 0.1) is 13.1 Å². The van der Waals surface area contributed by atoms with Gasteiger partial charge in [0.15, 0.2) is 0 Å². The molecule has 0 unspecified atom stereocenters. The second-order valence-electron chi connectivity index (χ2n) is 3.75. The lowest BCUT2D eigenvalue weighted by Gasteiger charge is -2.34. The Kier molecular flexibility index (Phi) is 5.28. The van der Waals surface area contributed by atoms with Gasteiger partial charge in [-0.05, 0) is 12.8 Å². The van der Waals surface area contributed by atoms with Crippen molar-refractivity contribution in [1.82, 2.24) is 15.3 Å². The molecule has 0 saturated carbocycles. The van der Waals surface area contributed by atoms with Crippen LogP contribution in [-0.4, -0.2) is 55.4 Å². The summed E-state index contributed by atoms with van der Waals surface area (Å²) in [6.07, 6.45) is 5.29. The van der Waals surface area contributed by atoms with Crippen LogP contribution < -0.4 is 5.32 Å². The third-order valence-electron chi connectivity index (χ3n) is 2.55. The lowest BCUT2D eigenvalue weighted by Crippen LogP contribution is -2.47. The highest BCUT2D eigenvalue weighted by Crippen LogP contribution is 2.09. The van der Waals surface area contributed by atoms with Crippen LogP contribution >= 0.6 is 0 Å². The molecule has 1 N–H and O–H groups in total. The van der Waals surface area contributed by atoms with Crippen LogP contribution in [-0.2, 0) is 9.59 Å². The van der Waals surface area contributed by atoms with Crippen LogP contribution in [0.1, 0.15) is 19.3 Å². The number of carbonyl (C=O) groups is 1. The Morgan fingerprint density at radius 2 is 2.07 bits per heavy atom. The molecule has 5 heteroatoms. The number of rotatable bonds is 5. The molecule has 1 fully saturated rings. The molecule has 0 aromatic rings. The van der Waals surface area contributed by atoms with Crippen LogP contribution in [0.5, 0.6) is 0 Å². The van der Waals surface area contributed by atoms with Crippen molar-refractivity contribution in [1.29, 1.82) is 0 Å². The molecule has 85 valence electrons. The number of carbonyl (C=O) groups excluding carboxylic acids is 2. The molecule has 1 aliphatic rings. The fourth-order valence-corrected chi connectivity index (χ4v) is 1.72. The minimum atomic E-state index is -0.133. The van der Waals surface area contributed by atoms with Crippen LogP contribution in [0.4, 0.5) is 0 Å². The first-order chi connectivity index (χ1) is 7.24. The van der Waals surface area contributed by atoms with Crippen molar-refractivity contribution in [3.05, 3.63) is 0 Å². The minimum Gasteiger partial charge on any atom is -0.347 e. The average Bonchev–Trinajstić information content (AvgIpc) is 2.27. The summed E-state index contributed by atoms with van der Waals surface area (Å²) in [4.78, 5) is 21.2. The van der Waals surface area contributed by atoms with Gasteiger partial charge in [0, 0.05) is 20.1 Å². The Balaban J connectivity index is 2.23. The standard InChI is InChI=1S/C10H18N3O2/c1-12(9-10(15)11-5-8-14)13-6-3-2-4-7-13/h2-7,9H2,1H3,(H,11,15). The SMILES string of the molecule is CN(CC(=O)NC[C]=O)N1CCCCC1. The third-order valence-corrected chi connectivity index (χ3v) is 2.55. The van der Waals surface area contributed by atoms with E-state index in [-0.39, 0.29) is 12.5 Å². The third kappa shape index (κ3) is 4.40. The molecule has 1 heterocycles. The molecule has 15 heavy (non-hydrogen) atoms. The van der Waals surface area contributed by atoms with Gasteiger partial charge >= 0.3 is 0 Å². The number of nitrogens with zero attached hydrogens (tertiary/aromatic N) is 2. The predicted octanol–water partition coefficient (Wildman–Crippen LogP) is -0.455. The Bertz CT molecular complexity index is 215. The predicted molar refractivity (Wildman–Crippen MR) is 56.8 cm³/mol. The van der Waals surface area contributed by atoms with E-state index in [0.717, 1.165) is 13.1 Å². The maximum Gasteiger partial charge on any atom is 0.236 e. The first kappa shape index (κ1) is 12.1. The van der Waals surface area contributed by atoms with Crippen LogP contribution in [0, 0.1) is 0 Å². The molecule has 1 rings (SSSR count). The molecule has 1 aliphatic heterocycles. The maximum absolute atomic E-state index is 11.3. The van der Waals surface area contributed by atoms with Crippen LogP contribution in [0.25, 0.3) is 0 Å². The molecule has 0 aromatic heterocycles. The zero-order valence-electron chi connectivity index (χ0n) is 9.16. The summed E-state index contributed by atoms with van der Waals surface area (Å²) in [7, 11) is 1.90. The van der Waals surface area contributed by atoms with Crippen LogP contribution in [0.3, 0.4) is 0 Å². The number of hydrogen-bond donors (Lipinski definition) is 1. The summed E-state index contributed by atoms with van der Waals surface area (Å²) in [6.45, 7) is 2.32. The van der Waals surface area contributed by atoms with Gasteiger partial charge in [-0.2, -0.15) is 0 Å². The zero-order valence-corrected chi connectivity index (χ0v) is 9.16. The smallest absolute Gasteiger partial charge is 0.236 e. The fraction of sp³-hybridized carbons (Fsp3) is 0.800. The highest BCUT2D eigenvalue weighted by Gasteiger charge is 2.16. The second kappa shape index (κ2) is 6.53. The number of hydrogen-bond acceptors (Lipinski definition) is 4. The van der Waals surface area contributed by atoms with E-state index >= 15 is 0 Å². The summed E-state index contributed by atoms with van der Waals surface area (Å²) < 4.78 is 0. The molecular weight excluding hydrogens is 194 g/mol. The molecule has 5 nitrogen and oxygen atoms in total. The normalized spacial score (nSPS) is 17.7. The first-order valence-electron chi connectivity index (χ1n) is 5.31. The van der Waals surface area contributed by atoms with Gasteiger partial charge in [-0.3, -0.25) is 9.59 Å². The molecule has 1 radical (unpaired) electrons. The number of likely N-dealkylation sites (N-methyl/N-ethyl adjacent to an activating group) is 1. The minimum absolute atomic E-state index is 0.0212. The lowest BCUT2D eigenvalue weighted by atomic mass is 10.2. The maximum atomic E-state index is 11.3. The molecule has 0 atom stereocenters. The topological polar surface area (TPSA) is 52.7 Å². The average molecular weight is 212 g/mol. The summed E-state index contributed by atoms with van der Waals surface area (Å²) in [6, 6.07) is 0. The quantitative estimate of drug-likeness (QED) is 0.670. The number of piperidine rings is 1. The Labute approximate surface area is 90.4 Å². The van der Waals surface area contributed by atoms with Crippen molar-refractivity contribution in [2.45, 2.75) is 19.3 Å². The monoisotopic (exact) mass is 212 g/mol. The number of hydrazine groups is 1. The lowest BCUT2D eigenvalue weighted by molar-refractivity contribution is -0.126. The van der Waals surface area contributed by atoms with E-state index in [1.807, 2.05) is 12.1 Å². The molecule has 0 bridgehead atoms. The van der Waals surface area contributed by atoms with Crippen molar-refractivity contribution in [2.24, 2.45) is 0 Å². The molecule has 0 aromatic carbocycles. The summed E-state index contributed by atoms with van der Waals surface area (Å²) in [5, 5.41) is 6.56. The molecule has 1 saturated heterocycles. The molecule has 0 spiro atoms. The van der Waals surface area contributed by atoms with Crippen LogP contribution in [0.15, 0.2) is 0 Å². The number of amides is 1. The Morgan fingerprint density at radius 1 is 1.40 bits per heavy atom. The second-order valence-corrected chi connectivity index (χ2v) is 3.75. The number of nitrogens with one attached hydrogen (secondary N) is 1. The van der Waals surface area contributed by atoms with Gasteiger partial charge in [-0.1, -0.05) is 6.42 Å². The van der Waals surface area contributed by atoms with E-state index in [2.05, 4.69) is 10.3 Å². The molecule has 1 amide bonds. The van der Waals surface area contributed by atoms with Gasteiger partial charge in [0.2, 0.25) is 12.2 Å². The van der Waals surface area contributed by atoms with E-state index < -0.39 is 0 Å². The Hall–Kier alpha value is -0.940. The van der Waals surface area contributed by atoms with E-state index in [1.165, 1.54) is 19.3 Å². The van der Waals surface area contributed by atoms with Gasteiger partial charge in [-0.25, -0.2) is 10.0 Å². The summed E-state index contributed by atoms with van der Waals surface area (Å²) >= 11 is 0. The van der Waals surface area contributed by atoms with Crippen molar-refractivity contribution in [3.63, 3.8) is 0 Å². The molecule has 0 aliphatic carbocycles. The first-order valence-corrected chi connectivity index (χ1v) is 5.31. The van der Waals surface area contributed by atoms with Gasteiger partial charge < -0.3 is 5.32 Å². The fourth-order valence-electron chi connectivity index (χ4n) is 1.72. The highest BCUT2D eigenvalue weighted by atomic mass is 16.2.